The molecule has 318 valence electrons. The van der Waals surface area contributed by atoms with Gasteiger partial charge in [-0.1, -0.05) is 64.1 Å². The van der Waals surface area contributed by atoms with Crippen LogP contribution in [0.4, 0.5) is 9.59 Å². The molecule has 3 fully saturated rings. The van der Waals surface area contributed by atoms with Crippen LogP contribution >= 0.6 is 0 Å². The molecule has 2 N–H and O–H groups in total. The highest BCUT2D eigenvalue weighted by atomic mass is 16.5. The minimum Gasteiger partial charge on any atom is -0.453 e. The van der Waals surface area contributed by atoms with E-state index in [4.69, 9.17) is 19.5 Å². The number of alkyl carbamates (subject to hydrolysis) is 2. The average Bonchev–Trinajstić information content (AvgIpc) is 4.12. The van der Waals surface area contributed by atoms with Gasteiger partial charge >= 0.3 is 12.2 Å². The Kier molecular flexibility index (Phi) is 11.7. The number of fused-ring (bicyclic) bond motifs is 5. The van der Waals surface area contributed by atoms with Gasteiger partial charge in [0, 0.05) is 61.8 Å². The number of nitrogens with zero attached hydrogens (tertiary/aromatic N) is 5. The van der Waals surface area contributed by atoms with Crippen LogP contribution in [-0.4, -0.2) is 109 Å². The number of aliphatic imine (C=N–C) groups is 2. The standard InChI is InChI=1S/C47H59N7O6/c1-26(2)42(50-46(57)59-6)44(55)53-20-8-10-36(53)34-22-30(24-48-34)28-12-14-29(15-13-28)32-16-17-33(41-39-19-18-38(40(32)41)52(39)5)31-23-35(49-25-31)37-11-9-21-54(37)45(56)43(27(3)4)51-47(58)60-7/h12-17,24-27,36-39,42-43H,8-11,18-23H2,1-7H3,(H,50,57)(H,51,58)/t36-,37-,38?,39?,42-,43-/m0/s1. The molecule has 4 amide bonds. The van der Waals surface area contributed by atoms with Gasteiger partial charge in [0.15, 0.2) is 0 Å². The van der Waals surface area contributed by atoms with Gasteiger partial charge in [0.25, 0.3) is 0 Å². The number of benzene rings is 2. The van der Waals surface area contributed by atoms with Crippen LogP contribution in [0, 0.1) is 11.8 Å². The highest BCUT2D eigenvalue weighted by Gasteiger charge is 2.46. The van der Waals surface area contributed by atoms with Gasteiger partial charge in [-0.2, -0.15) is 0 Å². The predicted molar refractivity (Wildman–Crippen MR) is 232 cm³/mol. The summed E-state index contributed by atoms with van der Waals surface area (Å²) in [4.78, 5) is 67.8. The van der Waals surface area contributed by atoms with Crippen molar-refractivity contribution in [2.75, 3.05) is 34.4 Å². The summed E-state index contributed by atoms with van der Waals surface area (Å²) in [6.07, 6.45) is 9.89. The first-order valence-electron chi connectivity index (χ1n) is 21.7. The highest BCUT2D eigenvalue weighted by molar-refractivity contribution is 6.05. The van der Waals surface area contributed by atoms with Crippen molar-refractivity contribution in [3.63, 3.8) is 0 Å². The number of hydrogen-bond donors (Lipinski definition) is 2. The van der Waals surface area contributed by atoms with Gasteiger partial charge in [-0.3, -0.25) is 24.5 Å². The molecule has 0 spiro atoms. The second-order valence-electron chi connectivity index (χ2n) is 17.8. The Hall–Kier alpha value is -5.30. The van der Waals surface area contributed by atoms with Crippen molar-refractivity contribution >= 4 is 46.6 Å². The summed E-state index contributed by atoms with van der Waals surface area (Å²) in [7, 11) is 4.88. The molecule has 2 aromatic rings. The third kappa shape index (κ3) is 7.54. The van der Waals surface area contributed by atoms with Crippen molar-refractivity contribution in [1.29, 1.82) is 0 Å². The summed E-state index contributed by atoms with van der Waals surface area (Å²) in [5.41, 5.74) is 12.0. The molecule has 3 saturated heterocycles. The normalized spacial score (nSPS) is 24.3. The van der Waals surface area contributed by atoms with Crippen molar-refractivity contribution in [2.24, 2.45) is 21.8 Å². The number of likely N-dealkylation sites (tertiary alicyclic amines) is 2. The maximum atomic E-state index is 13.8. The first-order valence-corrected chi connectivity index (χ1v) is 21.7. The fourth-order valence-electron chi connectivity index (χ4n) is 10.5. The van der Waals surface area contributed by atoms with Crippen LogP contribution in [0.5, 0.6) is 0 Å². The molecule has 0 saturated carbocycles. The molecule has 2 aromatic carbocycles. The van der Waals surface area contributed by atoms with E-state index in [9.17, 15) is 19.2 Å². The Morgan fingerprint density at radius 3 is 1.57 bits per heavy atom. The van der Waals surface area contributed by atoms with Gasteiger partial charge in [-0.05, 0) is 102 Å². The number of carbonyl (C=O) groups is 4. The largest absolute Gasteiger partial charge is 0.453 e. The third-order valence-corrected chi connectivity index (χ3v) is 13.7. The molecule has 13 nitrogen and oxygen atoms in total. The van der Waals surface area contributed by atoms with Gasteiger partial charge in [-0.25, -0.2) is 9.59 Å². The van der Waals surface area contributed by atoms with Crippen LogP contribution < -0.4 is 10.6 Å². The van der Waals surface area contributed by atoms with Crippen LogP contribution in [0.15, 0.2) is 58.8 Å². The zero-order valence-electron chi connectivity index (χ0n) is 36.0. The molecule has 6 atom stereocenters. The van der Waals surface area contributed by atoms with E-state index in [1.807, 2.05) is 49.9 Å². The Labute approximate surface area is 353 Å². The van der Waals surface area contributed by atoms with Crippen LogP contribution in [-0.2, 0) is 19.1 Å². The Bertz CT molecular complexity index is 2170. The molecule has 6 heterocycles. The van der Waals surface area contributed by atoms with E-state index in [-0.39, 0.29) is 35.7 Å². The SMILES string of the molecule is COC(=O)N[C@H](C(=O)N1CCC[C@H]1C1=NC=C(c2ccc(-c3ccc(C4=CN=C([C@@H]5CCCN5C(=O)[C@@H](NC(=O)OC)C(C)C)C4)c4c3C3CCC4N3C)cc2)C1)C(C)C. The molecule has 8 rings (SSSR count). The van der Waals surface area contributed by atoms with Crippen molar-refractivity contribution < 1.29 is 28.7 Å². The minimum atomic E-state index is -0.661. The summed E-state index contributed by atoms with van der Waals surface area (Å²) in [5.74, 6) is -0.343. The molecule has 6 aliphatic heterocycles. The van der Waals surface area contributed by atoms with Crippen LogP contribution in [0.3, 0.4) is 0 Å². The van der Waals surface area contributed by atoms with E-state index in [1.165, 1.54) is 47.6 Å². The van der Waals surface area contributed by atoms with Crippen molar-refractivity contribution in [1.82, 2.24) is 25.3 Å². The van der Waals surface area contributed by atoms with Gasteiger partial charge in [0.05, 0.1) is 26.3 Å². The van der Waals surface area contributed by atoms with Gasteiger partial charge in [-0.15, -0.1) is 0 Å². The highest BCUT2D eigenvalue weighted by Crippen LogP contribution is 2.57. The smallest absolute Gasteiger partial charge is 0.407 e. The summed E-state index contributed by atoms with van der Waals surface area (Å²) in [6, 6.07) is 12.6. The number of nitrogens with one attached hydrogen (secondary N) is 2. The minimum absolute atomic E-state index is 0.0833. The summed E-state index contributed by atoms with van der Waals surface area (Å²) in [6.45, 7) is 9.01. The van der Waals surface area contributed by atoms with Crippen molar-refractivity contribution in [2.45, 2.75) is 115 Å². The lowest BCUT2D eigenvalue weighted by Crippen LogP contribution is -2.53. The van der Waals surface area contributed by atoms with Crippen molar-refractivity contribution in [3.8, 4) is 11.1 Å². The van der Waals surface area contributed by atoms with Crippen molar-refractivity contribution in [3.05, 3.63) is 71.1 Å². The summed E-state index contributed by atoms with van der Waals surface area (Å²) >= 11 is 0. The fourth-order valence-corrected chi connectivity index (χ4v) is 10.5. The number of ether oxygens (including phenoxy) is 2. The number of methoxy groups -OCH3 is 2. The van der Waals surface area contributed by atoms with E-state index >= 15 is 0 Å². The molecular formula is C47H59N7O6. The maximum Gasteiger partial charge on any atom is 0.407 e. The molecule has 0 radical (unpaired) electrons. The van der Waals surface area contributed by atoms with Crippen LogP contribution in [0.1, 0.15) is 113 Å². The van der Waals surface area contributed by atoms with Gasteiger partial charge < -0.3 is 29.9 Å². The lowest BCUT2D eigenvalue weighted by atomic mass is 9.80. The molecule has 60 heavy (non-hydrogen) atoms. The van der Waals surface area contributed by atoms with E-state index in [0.717, 1.165) is 61.1 Å². The fraction of sp³-hybridized carbons (Fsp3) is 0.532. The molecule has 0 aromatic heterocycles. The molecular weight excluding hydrogens is 759 g/mol. The van der Waals surface area contributed by atoms with Gasteiger partial charge in [0.1, 0.15) is 12.1 Å². The van der Waals surface area contributed by atoms with E-state index < -0.39 is 24.3 Å². The number of rotatable bonds is 11. The first-order chi connectivity index (χ1) is 28.9. The quantitative estimate of drug-likeness (QED) is 0.242. The zero-order chi connectivity index (χ0) is 42.4. The van der Waals surface area contributed by atoms with Gasteiger partial charge in [0.2, 0.25) is 11.8 Å². The molecule has 6 aliphatic rings. The molecule has 0 aliphatic carbocycles. The molecule has 2 unspecified atom stereocenters. The Morgan fingerprint density at radius 2 is 1.07 bits per heavy atom. The van der Waals surface area contributed by atoms with Crippen LogP contribution in [0.25, 0.3) is 22.3 Å². The molecule has 13 heteroatoms. The first kappa shape index (κ1) is 41.4. The lowest BCUT2D eigenvalue weighted by Gasteiger charge is -2.31. The van der Waals surface area contributed by atoms with E-state index in [2.05, 4.69) is 59.0 Å². The maximum absolute atomic E-state index is 13.8. The zero-order valence-corrected chi connectivity index (χ0v) is 36.0. The second-order valence-corrected chi connectivity index (χ2v) is 17.8. The Balaban J connectivity index is 0.968. The Morgan fingerprint density at radius 1 is 0.617 bits per heavy atom. The number of amides is 4. The molecule has 2 bridgehead atoms. The monoisotopic (exact) mass is 817 g/mol. The average molecular weight is 818 g/mol. The van der Waals surface area contributed by atoms with E-state index in [1.54, 1.807) is 0 Å². The lowest BCUT2D eigenvalue weighted by molar-refractivity contribution is -0.134. The number of hydrogen-bond acceptors (Lipinski definition) is 9. The predicted octanol–water partition coefficient (Wildman–Crippen LogP) is 7.29. The summed E-state index contributed by atoms with van der Waals surface area (Å²) < 4.78 is 9.63. The second kappa shape index (κ2) is 17.0. The number of carbonyl (C=O) groups excluding carboxylic acids is 4. The summed E-state index contributed by atoms with van der Waals surface area (Å²) in [5, 5.41) is 5.50. The van der Waals surface area contributed by atoms with E-state index in [0.29, 0.717) is 38.0 Å². The third-order valence-electron chi connectivity index (χ3n) is 13.7. The topological polar surface area (TPSA) is 145 Å². The van der Waals surface area contributed by atoms with Crippen LogP contribution in [0.2, 0.25) is 0 Å². The number of allylic oxidation sites excluding steroid dienone is 2.